The van der Waals surface area contributed by atoms with E-state index in [1.807, 2.05) is 18.5 Å². The molecule has 0 aliphatic rings. The van der Waals surface area contributed by atoms with Gasteiger partial charge in [-0.2, -0.15) is 0 Å². The van der Waals surface area contributed by atoms with Crippen LogP contribution in [0.1, 0.15) is 30.4 Å². The van der Waals surface area contributed by atoms with Gasteiger partial charge in [-0.05, 0) is 36.0 Å². The Hall–Kier alpha value is -1.63. The first kappa shape index (κ1) is 10.9. The van der Waals surface area contributed by atoms with E-state index in [2.05, 4.69) is 48.3 Å². The second-order valence-electron chi connectivity index (χ2n) is 4.08. The quantitative estimate of drug-likeness (QED) is 0.749. The molecular formula is C15H17N. The van der Waals surface area contributed by atoms with Crippen molar-refractivity contribution in [3.05, 3.63) is 66.0 Å². The minimum absolute atomic E-state index is 0.602. The van der Waals surface area contributed by atoms with Gasteiger partial charge in [-0.3, -0.25) is 4.98 Å². The van der Waals surface area contributed by atoms with Crippen molar-refractivity contribution >= 4 is 0 Å². The zero-order valence-electron chi connectivity index (χ0n) is 9.63. The fourth-order valence-corrected chi connectivity index (χ4v) is 2.03. The fraction of sp³-hybridized carbons (Fsp3) is 0.267. The second-order valence-corrected chi connectivity index (χ2v) is 4.08. The summed E-state index contributed by atoms with van der Waals surface area (Å²) >= 11 is 0. The Labute approximate surface area is 97.2 Å². The van der Waals surface area contributed by atoms with Crippen LogP contribution in [0.2, 0.25) is 0 Å². The number of benzene rings is 1. The van der Waals surface area contributed by atoms with E-state index < -0.39 is 0 Å². The number of rotatable bonds is 4. The molecule has 1 unspecified atom stereocenters. The molecule has 0 saturated heterocycles. The molecule has 1 heterocycles. The van der Waals surface area contributed by atoms with E-state index in [-0.39, 0.29) is 0 Å². The Morgan fingerprint density at radius 1 is 1.06 bits per heavy atom. The van der Waals surface area contributed by atoms with E-state index in [0.717, 1.165) is 6.42 Å². The molecule has 0 fully saturated rings. The average molecular weight is 211 g/mol. The van der Waals surface area contributed by atoms with Gasteiger partial charge in [-0.1, -0.05) is 43.3 Å². The van der Waals surface area contributed by atoms with Gasteiger partial charge in [0, 0.05) is 12.4 Å². The predicted molar refractivity (Wildman–Crippen MR) is 67.4 cm³/mol. The molecule has 2 aromatic rings. The molecule has 1 atom stereocenters. The first-order chi connectivity index (χ1) is 7.90. The van der Waals surface area contributed by atoms with Gasteiger partial charge in [-0.15, -0.1) is 0 Å². The first-order valence-corrected chi connectivity index (χ1v) is 5.84. The van der Waals surface area contributed by atoms with Crippen molar-refractivity contribution in [3.8, 4) is 0 Å². The van der Waals surface area contributed by atoms with Gasteiger partial charge in [0.25, 0.3) is 0 Å². The lowest BCUT2D eigenvalue weighted by Gasteiger charge is -2.14. The molecule has 0 aliphatic heterocycles. The first-order valence-electron chi connectivity index (χ1n) is 5.84. The molecule has 0 aliphatic carbocycles. The lowest BCUT2D eigenvalue weighted by molar-refractivity contribution is 0.659. The number of aromatic nitrogens is 1. The molecule has 0 N–H and O–H groups in total. The van der Waals surface area contributed by atoms with Crippen molar-refractivity contribution in [2.45, 2.75) is 25.7 Å². The third-order valence-corrected chi connectivity index (χ3v) is 2.97. The molecular weight excluding hydrogens is 194 g/mol. The Balaban J connectivity index is 2.13. The van der Waals surface area contributed by atoms with Crippen molar-refractivity contribution in [1.82, 2.24) is 4.98 Å². The third kappa shape index (κ3) is 2.69. The standard InChI is InChI=1S/C15H17N/c1-2-14(15-8-4-3-5-9-15)11-13-7-6-10-16-12-13/h3-10,12,14H,2,11H2,1H3. The van der Waals surface area contributed by atoms with Gasteiger partial charge in [0.15, 0.2) is 0 Å². The summed E-state index contributed by atoms with van der Waals surface area (Å²) in [7, 11) is 0. The smallest absolute Gasteiger partial charge is 0.0300 e. The van der Waals surface area contributed by atoms with Crippen LogP contribution in [0.3, 0.4) is 0 Å². The molecule has 2 rings (SSSR count). The Kier molecular flexibility index (Phi) is 3.71. The number of nitrogens with zero attached hydrogens (tertiary/aromatic N) is 1. The maximum atomic E-state index is 4.17. The van der Waals surface area contributed by atoms with E-state index in [1.54, 1.807) is 0 Å². The zero-order valence-corrected chi connectivity index (χ0v) is 9.63. The maximum absolute atomic E-state index is 4.17. The summed E-state index contributed by atoms with van der Waals surface area (Å²) < 4.78 is 0. The summed E-state index contributed by atoms with van der Waals surface area (Å²) in [6, 6.07) is 14.9. The SMILES string of the molecule is CCC(Cc1cccnc1)c1ccccc1. The number of pyridine rings is 1. The van der Waals surface area contributed by atoms with Gasteiger partial charge in [0.05, 0.1) is 0 Å². The van der Waals surface area contributed by atoms with Crippen molar-refractivity contribution in [2.24, 2.45) is 0 Å². The molecule has 1 heteroatoms. The summed E-state index contributed by atoms with van der Waals surface area (Å²) in [5.41, 5.74) is 2.74. The van der Waals surface area contributed by atoms with Crippen LogP contribution in [-0.4, -0.2) is 4.98 Å². The zero-order chi connectivity index (χ0) is 11.2. The highest BCUT2D eigenvalue weighted by Crippen LogP contribution is 2.23. The Bertz CT molecular complexity index is 408. The van der Waals surface area contributed by atoms with Gasteiger partial charge >= 0.3 is 0 Å². The Morgan fingerprint density at radius 2 is 1.88 bits per heavy atom. The molecule has 1 nitrogen and oxygen atoms in total. The number of hydrogen-bond donors (Lipinski definition) is 0. The van der Waals surface area contributed by atoms with Gasteiger partial charge in [0.1, 0.15) is 0 Å². The Morgan fingerprint density at radius 3 is 2.50 bits per heavy atom. The highest BCUT2D eigenvalue weighted by Gasteiger charge is 2.09. The topological polar surface area (TPSA) is 12.9 Å². The predicted octanol–water partition coefficient (Wildman–Crippen LogP) is 3.82. The minimum Gasteiger partial charge on any atom is -0.264 e. The monoisotopic (exact) mass is 211 g/mol. The largest absolute Gasteiger partial charge is 0.264 e. The van der Waals surface area contributed by atoms with E-state index in [1.165, 1.54) is 17.5 Å². The van der Waals surface area contributed by atoms with E-state index in [4.69, 9.17) is 0 Å². The summed E-state index contributed by atoms with van der Waals surface area (Å²) in [4.78, 5) is 4.17. The summed E-state index contributed by atoms with van der Waals surface area (Å²) in [5, 5.41) is 0. The molecule has 0 spiro atoms. The highest BCUT2D eigenvalue weighted by atomic mass is 14.6. The molecule has 0 bridgehead atoms. The van der Waals surface area contributed by atoms with Gasteiger partial charge in [-0.25, -0.2) is 0 Å². The van der Waals surface area contributed by atoms with Crippen LogP contribution in [0.5, 0.6) is 0 Å². The van der Waals surface area contributed by atoms with Crippen LogP contribution in [0.15, 0.2) is 54.9 Å². The maximum Gasteiger partial charge on any atom is 0.0300 e. The lowest BCUT2D eigenvalue weighted by Crippen LogP contribution is -2.01. The molecule has 0 radical (unpaired) electrons. The van der Waals surface area contributed by atoms with E-state index in [0.29, 0.717) is 5.92 Å². The van der Waals surface area contributed by atoms with Gasteiger partial charge in [0.2, 0.25) is 0 Å². The van der Waals surface area contributed by atoms with Crippen molar-refractivity contribution in [3.63, 3.8) is 0 Å². The summed E-state index contributed by atoms with van der Waals surface area (Å²) in [5.74, 6) is 0.602. The highest BCUT2D eigenvalue weighted by molar-refractivity contribution is 5.22. The molecule has 16 heavy (non-hydrogen) atoms. The minimum atomic E-state index is 0.602. The molecule has 1 aromatic carbocycles. The van der Waals surface area contributed by atoms with Crippen LogP contribution < -0.4 is 0 Å². The lowest BCUT2D eigenvalue weighted by atomic mass is 9.90. The summed E-state index contributed by atoms with van der Waals surface area (Å²) in [6.45, 7) is 2.24. The van der Waals surface area contributed by atoms with Crippen molar-refractivity contribution < 1.29 is 0 Å². The van der Waals surface area contributed by atoms with Crippen LogP contribution >= 0.6 is 0 Å². The molecule has 82 valence electrons. The normalized spacial score (nSPS) is 12.3. The van der Waals surface area contributed by atoms with Crippen molar-refractivity contribution in [2.75, 3.05) is 0 Å². The third-order valence-electron chi connectivity index (χ3n) is 2.97. The van der Waals surface area contributed by atoms with Crippen LogP contribution in [-0.2, 0) is 6.42 Å². The molecule has 0 saturated carbocycles. The van der Waals surface area contributed by atoms with Crippen molar-refractivity contribution in [1.29, 1.82) is 0 Å². The van der Waals surface area contributed by atoms with E-state index in [9.17, 15) is 0 Å². The molecule has 0 amide bonds. The van der Waals surface area contributed by atoms with E-state index >= 15 is 0 Å². The van der Waals surface area contributed by atoms with Crippen LogP contribution in [0.4, 0.5) is 0 Å². The van der Waals surface area contributed by atoms with Gasteiger partial charge < -0.3 is 0 Å². The van der Waals surface area contributed by atoms with Crippen LogP contribution in [0, 0.1) is 0 Å². The second kappa shape index (κ2) is 5.45. The average Bonchev–Trinajstić information content (AvgIpc) is 2.38. The summed E-state index contributed by atoms with van der Waals surface area (Å²) in [6.07, 6.45) is 6.03. The van der Waals surface area contributed by atoms with Crippen LogP contribution in [0.25, 0.3) is 0 Å². The molecule has 1 aromatic heterocycles. The number of hydrogen-bond acceptors (Lipinski definition) is 1. The fourth-order valence-electron chi connectivity index (χ4n) is 2.03.